The molecule has 2 rings (SSSR count). The van der Waals surface area contributed by atoms with Crippen LogP contribution in [-0.4, -0.2) is 12.6 Å². The molecule has 0 aromatic heterocycles. The summed E-state index contributed by atoms with van der Waals surface area (Å²) in [5.41, 5.74) is 4.35. The SMILES string of the molecule is CCCNC1CC(c2cc(C)cc(C)c2)C1. The van der Waals surface area contributed by atoms with Crippen molar-refractivity contribution in [3.63, 3.8) is 0 Å². The van der Waals surface area contributed by atoms with Crippen molar-refractivity contribution in [3.05, 3.63) is 34.9 Å². The van der Waals surface area contributed by atoms with Gasteiger partial charge in [0, 0.05) is 6.04 Å². The van der Waals surface area contributed by atoms with Gasteiger partial charge in [-0.3, -0.25) is 0 Å². The molecule has 1 aromatic rings. The van der Waals surface area contributed by atoms with Crippen molar-refractivity contribution in [1.82, 2.24) is 5.32 Å². The minimum Gasteiger partial charge on any atom is -0.314 e. The topological polar surface area (TPSA) is 12.0 Å². The summed E-state index contributed by atoms with van der Waals surface area (Å²) in [7, 11) is 0. The van der Waals surface area contributed by atoms with Gasteiger partial charge in [0.1, 0.15) is 0 Å². The van der Waals surface area contributed by atoms with Crippen LogP contribution in [0.3, 0.4) is 0 Å². The van der Waals surface area contributed by atoms with Crippen molar-refractivity contribution in [2.75, 3.05) is 6.54 Å². The highest BCUT2D eigenvalue weighted by molar-refractivity contribution is 5.32. The summed E-state index contributed by atoms with van der Waals surface area (Å²) in [5, 5.41) is 3.60. The number of nitrogens with one attached hydrogen (secondary N) is 1. The van der Waals surface area contributed by atoms with Crippen molar-refractivity contribution < 1.29 is 0 Å². The van der Waals surface area contributed by atoms with Crippen LogP contribution in [-0.2, 0) is 0 Å². The summed E-state index contributed by atoms with van der Waals surface area (Å²) < 4.78 is 0. The van der Waals surface area contributed by atoms with Gasteiger partial charge in [0.05, 0.1) is 0 Å². The van der Waals surface area contributed by atoms with Gasteiger partial charge in [0.15, 0.2) is 0 Å². The number of aryl methyl sites for hydroxylation is 2. The standard InChI is InChI=1S/C15H23N/c1-4-5-16-15-9-14(10-15)13-7-11(2)6-12(3)8-13/h6-8,14-16H,4-5,9-10H2,1-3H3. The highest BCUT2D eigenvalue weighted by atomic mass is 14.9. The molecule has 1 saturated carbocycles. The minimum atomic E-state index is 0.769. The molecule has 0 bridgehead atoms. The van der Waals surface area contributed by atoms with E-state index in [0.29, 0.717) is 0 Å². The zero-order valence-electron chi connectivity index (χ0n) is 10.7. The summed E-state index contributed by atoms with van der Waals surface area (Å²) in [6, 6.07) is 7.74. The maximum atomic E-state index is 3.60. The van der Waals surface area contributed by atoms with Crippen LogP contribution in [0.25, 0.3) is 0 Å². The number of hydrogen-bond acceptors (Lipinski definition) is 1. The van der Waals surface area contributed by atoms with Gasteiger partial charge in [0.2, 0.25) is 0 Å². The van der Waals surface area contributed by atoms with E-state index in [1.807, 2.05) is 0 Å². The van der Waals surface area contributed by atoms with Gasteiger partial charge in [-0.05, 0) is 51.1 Å². The van der Waals surface area contributed by atoms with Crippen molar-refractivity contribution in [2.24, 2.45) is 0 Å². The lowest BCUT2D eigenvalue weighted by Gasteiger charge is -2.36. The first-order chi connectivity index (χ1) is 7.69. The highest BCUT2D eigenvalue weighted by Crippen LogP contribution is 2.37. The van der Waals surface area contributed by atoms with E-state index in [9.17, 15) is 0 Å². The van der Waals surface area contributed by atoms with Gasteiger partial charge >= 0.3 is 0 Å². The molecular formula is C15H23N. The number of hydrogen-bond donors (Lipinski definition) is 1. The van der Waals surface area contributed by atoms with Crippen molar-refractivity contribution in [2.45, 2.75) is 52.0 Å². The third-order valence-electron chi connectivity index (χ3n) is 3.54. The third-order valence-corrected chi connectivity index (χ3v) is 3.54. The van der Waals surface area contributed by atoms with Gasteiger partial charge in [-0.1, -0.05) is 36.2 Å². The average molecular weight is 217 g/mol. The van der Waals surface area contributed by atoms with Crippen LogP contribution < -0.4 is 5.32 Å². The monoisotopic (exact) mass is 217 g/mol. The Morgan fingerprint density at radius 3 is 2.31 bits per heavy atom. The highest BCUT2D eigenvalue weighted by Gasteiger charge is 2.29. The zero-order chi connectivity index (χ0) is 11.5. The average Bonchev–Trinajstić information content (AvgIpc) is 2.14. The molecule has 1 fully saturated rings. The van der Waals surface area contributed by atoms with Crippen LogP contribution in [0.4, 0.5) is 0 Å². The Balaban J connectivity index is 1.91. The number of benzene rings is 1. The van der Waals surface area contributed by atoms with E-state index in [1.54, 1.807) is 5.56 Å². The Kier molecular flexibility index (Phi) is 3.65. The molecule has 0 amide bonds. The predicted octanol–water partition coefficient (Wildman–Crippen LogP) is 3.55. The first-order valence-electron chi connectivity index (χ1n) is 6.50. The molecular weight excluding hydrogens is 194 g/mol. The Hall–Kier alpha value is -0.820. The van der Waals surface area contributed by atoms with Gasteiger partial charge in [-0.2, -0.15) is 0 Å². The van der Waals surface area contributed by atoms with E-state index in [1.165, 1.54) is 36.9 Å². The quantitative estimate of drug-likeness (QED) is 0.813. The summed E-state index contributed by atoms with van der Waals surface area (Å²) in [6.45, 7) is 7.79. The van der Waals surface area contributed by atoms with Gasteiger partial charge in [-0.15, -0.1) is 0 Å². The molecule has 1 aliphatic rings. The fraction of sp³-hybridized carbons (Fsp3) is 0.600. The molecule has 1 aliphatic carbocycles. The van der Waals surface area contributed by atoms with E-state index >= 15 is 0 Å². The molecule has 88 valence electrons. The van der Waals surface area contributed by atoms with Crippen molar-refractivity contribution >= 4 is 0 Å². The van der Waals surface area contributed by atoms with Crippen molar-refractivity contribution in [1.29, 1.82) is 0 Å². The van der Waals surface area contributed by atoms with E-state index in [0.717, 1.165) is 12.0 Å². The zero-order valence-corrected chi connectivity index (χ0v) is 10.7. The molecule has 0 unspecified atom stereocenters. The second kappa shape index (κ2) is 5.01. The lowest BCUT2D eigenvalue weighted by Crippen LogP contribution is -2.40. The first kappa shape index (κ1) is 11.7. The molecule has 0 radical (unpaired) electrons. The largest absolute Gasteiger partial charge is 0.314 e. The van der Waals surface area contributed by atoms with Crippen LogP contribution in [0.1, 0.15) is 48.8 Å². The number of rotatable bonds is 4. The fourth-order valence-electron chi connectivity index (χ4n) is 2.65. The van der Waals surface area contributed by atoms with Gasteiger partial charge in [-0.25, -0.2) is 0 Å². The van der Waals surface area contributed by atoms with Crippen LogP contribution in [0, 0.1) is 13.8 Å². The molecule has 0 atom stereocenters. The molecule has 0 spiro atoms. The summed E-state index contributed by atoms with van der Waals surface area (Å²) >= 11 is 0. The summed E-state index contributed by atoms with van der Waals surface area (Å²) in [6.07, 6.45) is 3.89. The molecule has 1 nitrogen and oxygen atoms in total. The van der Waals surface area contributed by atoms with E-state index in [-0.39, 0.29) is 0 Å². The Labute approximate surface area is 99.3 Å². The van der Waals surface area contributed by atoms with Crippen LogP contribution in [0.2, 0.25) is 0 Å². The third kappa shape index (κ3) is 2.65. The van der Waals surface area contributed by atoms with Crippen LogP contribution in [0.5, 0.6) is 0 Å². The molecule has 1 heteroatoms. The minimum absolute atomic E-state index is 0.769. The molecule has 16 heavy (non-hydrogen) atoms. The molecule has 0 heterocycles. The molecule has 1 N–H and O–H groups in total. The predicted molar refractivity (Wildman–Crippen MR) is 70.0 cm³/mol. The van der Waals surface area contributed by atoms with Crippen LogP contribution in [0.15, 0.2) is 18.2 Å². The van der Waals surface area contributed by atoms with E-state index < -0.39 is 0 Å². The lowest BCUT2D eigenvalue weighted by atomic mass is 9.75. The van der Waals surface area contributed by atoms with E-state index in [2.05, 4.69) is 44.3 Å². The van der Waals surface area contributed by atoms with Crippen LogP contribution >= 0.6 is 0 Å². The lowest BCUT2D eigenvalue weighted by molar-refractivity contribution is 0.292. The van der Waals surface area contributed by atoms with Gasteiger partial charge < -0.3 is 5.32 Å². The summed E-state index contributed by atoms with van der Waals surface area (Å²) in [4.78, 5) is 0. The fourth-order valence-corrected chi connectivity index (χ4v) is 2.65. The second-order valence-electron chi connectivity index (χ2n) is 5.24. The molecule has 0 saturated heterocycles. The Morgan fingerprint density at radius 1 is 1.12 bits per heavy atom. The van der Waals surface area contributed by atoms with Gasteiger partial charge in [0.25, 0.3) is 0 Å². The smallest absolute Gasteiger partial charge is 0.00787 e. The summed E-state index contributed by atoms with van der Waals surface area (Å²) in [5.74, 6) is 0.799. The maximum absolute atomic E-state index is 3.60. The normalized spacial score (nSPS) is 24.2. The maximum Gasteiger partial charge on any atom is 0.00787 e. The Bertz CT molecular complexity index is 330. The van der Waals surface area contributed by atoms with Crippen molar-refractivity contribution in [3.8, 4) is 0 Å². The molecule has 0 aliphatic heterocycles. The van der Waals surface area contributed by atoms with E-state index in [4.69, 9.17) is 0 Å². The molecule has 1 aromatic carbocycles. The Morgan fingerprint density at radius 2 is 1.75 bits per heavy atom. The first-order valence-corrected chi connectivity index (χ1v) is 6.50. The second-order valence-corrected chi connectivity index (χ2v) is 5.24.